The summed E-state index contributed by atoms with van der Waals surface area (Å²) in [6.45, 7) is 5.77. The summed E-state index contributed by atoms with van der Waals surface area (Å²) < 4.78 is 19.0. The van der Waals surface area contributed by atoms with E-state index in [1.807, 2.05) is 0 Å². The third kappa shape index (κ3) is 5.38. The minimum atomic E-state index is -0.599. The molecule has 1 aliphatic heterocycles. The highest BCUT2D eigenvalue weighted by Gasteiger charge is 2.20. The third-order valence-corrected chi connectivity index (χ3v) is 3.97. The molecule has 0 aromatic heterocycles. The molecule has 0 radical (unpaired) electrons. The Bertz CT molecular complexity index is 427. The first-order valence-corrected chi connectivity index (χ1v) is 7.96. The zero-order valence-corrected chi connectivity index (χ0v) is 12.8. The number of halogens is 1. The van der Waals surface area contributed by atoms with Gasteiger partial charge in [0.2, 0.25) is 0 Å². The van der Waals surface area contributed by atoms with Gasteiger partial charge < -0.3 is 14.7 Å². The lowest BCUT2D eigenvalue weighted by molar-refractivity contribution is -0.00348. The van der Waals surface area contributed by atoms with Crippen molar-refractivity contribution in [3.05, 3.63) is 35.6 Å². The molecule has 1 heterocycles. The molecule has 0 aliphatic carbocycles. The number of hydrogen-bond acceptors (Lipinski definition) is 3. The predicted molar refractivity (Wildman–Crippen MR) is 81.7 cm³/mol. The number of rotatable bonds is 7. The highest BCUT2D eigenvalue weighted by molar-refractivity contribution is 5.18. The van der Waals surface area contributed by atoms with Gasteiger partial charge in [0, 0.05) is 19.7 Å². The molecule has 2 atom stereocenters. The van der Waals surface area contributed by atoms with Crippen LogP contribution in [0.4, 0.5) is 4.39 Å². The molecule has 1 aliphatic rings. The van der Waals surface area contributed by atoms with Crippen LogP contribution in [0, 0.1) is 5.82 Å². The van der Waals surface area contributed by atoms with Gasteiger partial charge in [-0.2, -0.15) is 0 Å². The number of ether oxygens (including phenoxy) is 1. The number of nitrogens with zero attached hydrogens (tertiary/aromatic N) is 1. The standard InChI is InChI=1S/C17H26FNO2/c1-2-11-21-16-7-4-9-19(13-16)10-8-17(20)14-5-3-6-15(18)12-14/h3,5-6,12,16-17,20H,2,4,7-11,13H2,1H3. The first-order chi connectivity index (χ1) is 10.2. The van der Waals surface area contributed by atoms with E-state index in [1.165, 1.54) is 12.1 Å². The maximum absolute atomic E-state index is 13.2. The fraction of sp³-hybridized carbons (Fsp3) is 0.647. The lowest BCUT2D eigenvalue weighted by Gasteiger charge is -2.33. The van der Waals surface area contributed by atoms with E-state index in [4.69, 9.17) is 4.74 Å². The Labute approximate surface area is 126 Å². The van der Waals surface area contributed by atoms with Crippen LogP contribution in [0.5, 0.6) is 0 Å². The van der Waals surface area contributed by atoms with Crippen LogP contribution in [0.25, 0.3) is 0 Å². The molecule has 2 rings (SSSR count). The van der Waals surface area contributed by atoms with Gasteiger partial charge in [0.05, 0.1) is 12.2 Å². The first kappa shape index (κ1) is 16.4. The molecule has 1 aromatic rings. The second-order valence-corrected chi connectivity index (χ2v) is 5.80. The zero-order chi connectivity index (χ0) is 15.1. The lowest BCUT2D eigenvalue weighted by Crippen LogP contribution is -2.40. The summed E-state index contributed by atoms with van der Waals surface area (Å²) in [5, 5.41) is 10.2. The monoisotopic (exact) mass is 295 g/mol. The average molecular weight is 295 g/mol. The average Bonchev–Trinajstić information content (AvgIpc) is 2.51. The Balaban J connectivity index is 1.76. The van der Waals surface area contributed by atoms with Gasteiger partial charge in [0.25, 0.3) is 0 Å². The molecular weight excluding hydrogens is 269 g/mol. The van der Waals surface area contributed by atoms with Crippen molar-refractivity contribution < 1.29 is 14.2 Å². The second kappa shape index (κ2) is 8.47. The van der Waals surface area contributed by atoms with Crippen LogP contribution >= 0.6 is 0 Å². The van der Waals surface area contributed by atoms with Crippen molar-refractivity contribution in [2.75, 3.05) is 26.2 Å². The number of benzene rings is 1. The van der Waals surface area contributed by atoms with Crippen molar-refractivity contribution >= 4 is 0 Å². The van der Waals surface area contributed by atoms with E-state index in [9.17, 15) is 9.50 Å². The lowest BCUT2D eigenvalue weighted by atomic mass is 10.0. The summed E-state index contributed by atoms with van der Waals surface area (Å²) in [5.74, 6) is -0.294. The third-order valence-electron chi connectivity index (χ3n) is 3.97. The smallest absolute Gasteiger partial charge is 0.123 e. The minimum absolute atomic E-state index is 0.294. The Morgan fingerprint density at radius 3 is 3.10 bits per heavy atom. The van der Waals surface area contributed by atoms with Crippen LogP contribution in [0.3, 0.4) is 0 Å². The van der Waals surface area contributed by atoms with Crippen molar-refractivity contribution in [2.24, 2.45) is 0 Å². The van der Waals surface area contributed by atoms with Crippen molar-refractivity contribution in [2.45, 2.75) is 44.8 Å². The second-order valence-electron chi connectivity index (χ2n) is 5.80. The van der Waals surface area contributed by atoms with Gasteiger partial charge in [-0.3, -0.25) is 0 Å². The van der Waals surface area contributed by atoms with E-state index in [-0.39, 0.29) is 5.82 Å². The summed E-state index contributed by atoms with van der Waals surface area (Å²) >= 11 is 0. The van der Waals surface area contributed by atoms with Crippen molar-refractivity contribution in [1.82, 2.24) is 4.90 Å². The number of aliphatic hydroxyl groups excluding tert-OH is 1. The zero-order valence-electron chi connectivity index (χ0n) is 12.8. The largest absolute Gasteiger partial charge is 0.388 e. The normalized spacial score (nSPS) is 21.4. The van der Waals surface area contributed by atoms with E-state index in [2.05, 4.69) is 11.8 Å². The van der Waals surface area contributed by atoms with E-state index >= 15 is 0 Å². The molecule has 118 valence electrons. The van der Waals surface area contributed by atoms with Gasteiger partial charge in [-0.15, -0.1) is 0 Å². The Morgan fingerprint density at radius 1 is 1.48 bits per heavy atom. The predicted octanol–water partition coefficient (Wildman–Crippen LogP) is 3.14. The van der Waals surface area contributed by atoms with Crippen LogP contribution in [-0.2, 0) is 4.74 Å². The van der Waals surface area contributed by atoms with E-state index < -0.39 is 6.10 Å². The Morgan fingerprint density at radius 2 is 2.33 bits per heavy atom. The molecule has 4 heteroatoms. The molecule has 21 heavy (non-hydrogen) atoms. The van der Waals surface area contributed by atoms with Crippen LogP contribution in [0.1, 0.15) is 44.3 Å². The molecule has 0 spiro atoms. The van der Waals surface area contributed by atoms with Crippen LogP contribution in [-0.4, -0.2) is 42.4 Å². The summed E-state index contributed by atoms with van der Waals surface area (Å²) in [4.78, 5) is 2.34. The van der Waals surface area contributed by atoms with E-state index in [1.54, 1.807) is 12.1 Å². The molecule has 1 fully saturated rings. The van der Waals surface area contributed by atoms with Crippen LogP contribution < -0.4 is 0 Å². The number of aliphatic hydroxyl groups is 1. The van der Waals surface area contributed by atoms with Gasteiger partial charge in [0.15, 0.2) is 0 Å². The quantitative estimate of drug-likeness (QED) is 0.839. The van der Waals surface area contributed by atoms with Gasteiger partial charge in [0.1, 0.15) is 5.82 Å². The van der Waals surface area contributed by atoms with Gasteiger partial charge >= 0.3 is 0 Å². The highest BCUT2D eigenvalue weighted by Crippen LogP contribution is 2.20. The Hall–Kier alpha value is -0.970. The minimum Gasteiger partial charge on any atom is -0.388 e. The maximum atomic E-state index is 13.2. The number of piperidine rings is 1. The summed E-state index contributed by atoms with van der Waals surface area (Å²) in [6, 6.07) is 6.23. The number of hydrogen-bond donors (Lipinski definition) is 1. The fourth-order valence-corrected chi connectivity index (χ4v) is 2.82. The summed E-state index contributed by atoms with van der Waals surface area (Å²) in [7, 11) is 0. The van der Waals surface area contributed by atoms with Gasteiger partial charge in [-0.05, 0) is 49.9 Å². The van der Waals surface area contributed by atoms with Crippen molar-refractivity contribution in [3.8, 4) is 0 Å². The van der Waals surface area contributed by atoms with E-state index in [0.29, 0.717) is 18.1 Å². The molecule has 1 N–H and O–H groups in total. The first-order valence-electron chi connectivity index (χ1n) is 7.96. The van der Waals surface area contributed by atoms with Crippen molar-refractivity contribution in [1.29, 1.82) is 0 Å². The SMILES string of the molecule is CCCOC1CCCN(CCC(O)c2cccc(F)c2)C1. The molecule has 0 saturated carbocycles. The molecular formula is C17H26FNO2. The molecule has 0 bridgehead atoms. The highest BCUT2D eigenvalue weighted by atomic mass is 19.1. The Kier molecular flexibility index (Phi) is 6.61. The molecule has 0 amide bonds. The van der Waals surface area contributed by atoms with Gasteiger partial charge in [-0.25, -0.2) is 4.39 Å². The van der Waals surface area contributed by atoms with Crippen molar-refractivity contribution in [3.63, 3.8) is 0 Å². The van der Waals surface area contributed by atoms with Gasteiger partial charge in [-0.1, -0.05) is 19.1 Å². The molecule has 1 saturated heterocycles. The summed E-state index contributed by atoms with van der Waals surface area (Å²) in [5.41, 5.74) is 0.658. The molecule has 3 nitrogen and oxygen atoms in total. The van der Waals surface area contributed by atoms with E-state index in [0.717, 1.165) is 45.5 Å². The molecule has 2 unspecified atom stereocenters. The molecule has 1 aromatic carbocycles. The maximum Gasteiger partial charge on any atom is 0.123 e. The van der Waals surface area contributed by atoms with Crippen LogP contribution in [0.2, 0.25) is 0 Å². The van der Waals surface area contributed by atoms with Crippen LogP contribution in [0.15, 0.2) is 24.3 Å². The summed E-state index contributed by atoms with van der Waals surface area (Å²) in [6.07, 6.45) is 3.68. The topological polar surface area (TPSA) is 32.7 Å². The fourth-order valence-electron chi connectivity index (χ4n) is 2.82. The number of likely N-dealkylation sites (tertiary alicyclic amines) is 1.